The van der Waals surface area contributed by atoms with Crippen LogP contribution in [0.2, 0.25) is 0 Å². The third-order valence-corrected chi connectivity index (χ3v) is 5.16. The number of benzene rings is 1. The van der Waals surface area contributed by atoms with Crippen molar-refractivity contribution in [1.82, 2.24) is 15.5 Å². The summed E-state index contributed by atoms with van der Waals surface area (Å²) in [5, 5.41) is 6.25. The zero-order valence-electron chi connectivity index (χ0n) is 14.5. The number of carbonyl (C=O) groups is 2. The fourth-order valence-corrected chi connectivity index (χ4v) is 3.40. The number of piperidine rings is 1. The minimum absolute atomic E-state index is 0.0594. The lowest BCUT2D eigenvalue weighted by atomic mass is 9.93. The Labute approximate surface area is 143 Å². The van der Waals surface area contributed by atoms with Gasteiger partial charge in [0, 0.05) is 44.2 Å². The highest BCUT2D eigenvalue weighted by molar-refractivity contribution is 5.93. The Kier molecular flexibility index (Phi) is 5.19. The molecule has 0 bridgehead atoms. The van der Waals surface area contributed by atoms with E-state index in [0.29, 0.717) is 29.3 Å². The number of likely N-dealkylation sites (tertiary alicyclic amines) is 1. The molecule has 1 aliphatic carbocycles. The van der Waals surface area contributed by atoms with Crippen molar-refractivity contribution in [2.24, 2.45) is 11.8 Å². The molecule has 1 saturated heterocycles. The van der Waals surface area contributed by atoms with Crippen LogP contribution in [0.25, 0.3) is 0 Å². The third-order valence-electron chi connectivity index (χ3n) is 5.16. The van der Waals surface area contributed by atoms with E-state index in [9.17, 15) is 9.59 Å². The van der Waals surface area contributed by atoms with Crippen molar-refractivity contribution < 1.29 is 9.59 Å². The normalized spacial score (nSPS) is 23.8. The van der Waals surface area contributed by atoms with Crippen LogP contribution < -0.4 is 10.6 Å². The lowest BCUT2D eigenvalue weighted by Gasteiger charge is -2.37. The summed E-state index contributed by atoms with van der Waals surface area (Å²) in [4.78, 5) is 25.8. The summed E-state index contributed by atoms with van der Waals surface area (Å²) < 4.78 is 0. The first-order valence-corrected chi connectivity index (χ1v) is 8.91. The van der Waals surface area contributed by atoms with Gasteiger partial charge in [0.1, 0.15) is 0 Å². The van der Waals surface area contributed by atoms with Gasteiger partial charge in [0.25, 0.3) is 5.91 Å². The van der Waals surface area contributed by atoms with E-state index in [0.717, 1.165) is 38.9 Å². The minimum Gasteiger partial charge on any atom is -0.355 e. The molecule has 5 nitrogen and oxygen atoms in total. The van der Waals surface area contributed by atoms with E-state index in [1.807, 2.05) is 24.3 Å². The van der Waals surface area contributed by atoms with Crippen LogP contribution >= 0.6 is 0 Å². The summed E-state index contributed by atoms with van der Waals surface area (Å²) in [5.74, 6) is 1.09. The van der Waals surface area contributed by atoms with Gasteiger partial charge in [0.05, 0.1) is 0 Å². The topological polar surface area (TPSA) is 61.4 Å². The van der Waals surface area contributed by atoms with Gasteiger partial charge in [0.2, 0.25) is 5.91 Å². The quantitative estimate of drug-likeness (QED) is 0.866. The lowest BCUT2D eigenvalue weighted by molar-refractivity contribution is -0.134. The Morgan fingerprint density at radius 3 is 2.46 bits per heavy atom. The van der Waals surface area contributed by atoms with Crippen LogP contribution in [0.4, 0.5) is 0 Å². The summed E-state index contributed by atoms with van der Waals surface area (Å²) in [6.07, 6.45) is 3.17. The molecule has 2 fully saturated rings. The van der Waals surface area contributed by atoms with Crippen molar-refractivity contribution in [1.29, 1.82) is 0 Å². The molecule has 24 heavy (non-hydrogen) atoms. The van der Waals surface area contributed by atoms with E-state index >= 15 is 0 Å². The maximum absolute atomic E-state index is 12.2. The smallest absolute Gasteiger partial charge is 0.251 e. The standard InChI is InChI=1S/C19H27N3O2/c1-13-12-22(19(24)16-7-8-16)10-9-17(13)21-11-14-3-5-15(6-4-14)18(23)20-2/h3-6,13,16-17,21H,7-12H2,1-2H3,(H,20,23). The summed E-state index contributed by atoms with van der Waals surface area (Å²) in [7, 11) is 1.64. The van der Waals surface area contributed by atoms with Gasteiger partial charge in [-0.25, -0.2) is 0 Å². The Bertz CT molecular complexity index is 595. The first kappa shape index (κ1) is 17.0. The number of amides is 2. The van der Waals surface area contributed by atoms with E-state index in [2.05, 4.69) is 22.5 Å². The van der Waals surface area contributed by atoms with Crippen molar-refractivity contribution in [3.63, 3.8) is 0 Å². The molecule has 1 heterocycles. The average molecular weight is 329 g/mol. The molecular weight excluding hydrogens is 302 g/mol. The van der Waals surface area contributed by atoms with Gasteiger partial charge in [-0.15, -0.1) is 0 Å². The number of rotatable bonds is 5. The zero-order valence-corrected chi connectivity index (χ0v) is 14.5. The maximum atomic E-state index is 12.2. The van der Waals surface area contributed by atoms with Gasteiger partial charge in [-0.05, 0) is 42.9 Å². The van der Waals surface area contributed by atoms with E-state index < -0.39 is 0 Å². The van der Waals surface area contributed by atoms with E-state index in [-0.39, 0.29) is 5.91 Å². The molecule has 2 N–H and O–H groups in total. The highest BCUT2D eigenvalue weighted by Gasteiger charge is 2.36. The second-order valence-corrected chi connectivity index (χ2v) is 7.09. The Morgan fingerprint density at radius 1 is 1.17 bits per heavy atom. The highest BCUT2D eigenvalue weighted by Crippen LogP contribution is 2.32. The van der Waals surface area contributed by atoms with Gasteiger partial charge in [-0.1, -0.05) is 19.1 Å². The molecule has 2 aliphatic rings. The number of hydrogen-bond donors (Lipinski definition) is 2. The molecule has 1 aromatic rings. The number of nitrogens with zero attached hydrogens (tertiary/aromatic N) is 1. The summed E-state index contributed by atoms with van der Waals surface area (Å²) in [5.41, 5.74) is 1.85. The van der Waals surface area contributed by atoms with E-state index in [4.69, 9.17) is 0 Å². The molecule has 2 unspecified atom stereocenters. The molecule has 0 aromatic heterocycles. The van der Waals surface area contributed by atoms with Crippen molar-refractivity contribution in [2.45, 2.75) is 38.8 Å². The van der Waals surface area contributed by atoms with E-state index in [1.54, 1.807) is 7.05 Å². The molecule has 2 atom stereocenters. The fourth-order valence-electron chi connectivity index (χ4n) is 3.40. The SMILES string of the molecule is CNC(=O)c1ccc(CNC2CCN(C(=O)C3CC3)CC2C)cc1. The monoisotopic (exact) mass is 329 g/mol. The van der Waals surface area contributed by atoms with Crippen LogP contribution in [-0.4, -0.2) is 42.9 Å². The number of carbonyl (C=O) groups excluding carboxylic acids is 2. The predicted octanol–water partition coefficient (Wildman–Crippen LogP) is 1.78. The Morgan fingerprint density at radius 2 is 1.88 bits per heavy atom. The minimum atomic E-state index is -0.0594. The Hall–Kier alpha value is -1.88. The van der Waals surface area contributed by atoms with Gasteiger partial charge in [-0.3, -0.25) is 9.59 Å². The second kappa shape index (κ2) is 7.34. The van der Waals surface area contributed by atoms with Gasteiger partial charge >= 0.3 is 0 Å². The molecule has 0 spiro atoms. The predicted molar refractivity (Wildman–Crippen MR) is 93.5 cm³/mol. The van der Waals surface area contributed by atoms with Crippen LogP contribution in [0.3, 0.4) is 0 Å². The molecule has 1 aromatic carbocycles. The van der Waals surface area contributed by atoms with Crippen molar-refractivity contribution in [3.05, 3.63) is 35.4 Å². The van der Waals surface area contributed by atoms with Crippen LogP contribution in [0.15, 0.2) is 24.3 Å². The second-order valence-electron chi connectivity index (χ2n) is 7.09. The zero-order chi connectivity index (χ0) is 17.1. The molecule has 2 amide bonds. The third kappa shape index (κ3) is 3.96. The first-order valence-electron chi connectivity index (χ1n) is 8.91. The van der Waals surface area contributed by atoms with Gasteiger partial charge in [-0.2, -0.15) is 0 Å². The summed E-state index contributed by atoms with van der Waals surface area (Å²) in [6.45, 7) is 4.74. The molecule has 0 radical (unpaired) electrons. The van der Waals surface area contributed by atoms with E-state index in [1.165, 1.54) is 5.56 Å². The lowest BCUT2D eigenvalue weighted by Crippen LogP contribution is -2.50. The number of nitrogens with one attached hydrogen (secondary N) is 2. The molecule has 3 rings (SSSR count). The molecule has 5 heteroatoms. The molecule has 1 saturated carbocycles. The van der Waals surface area contributed by atoms with Gasteiger partial charge < -0.3 is 15.5 Å². The van der Waals surface area contributed by atoms with Crippen LogP contribution in [0.1, 0.15) is 42.1 Å². The summed E-state index contributed by atoms with van der Waals surface area (Å²) in [6, 6.07) is 8.14. The maximum Gasteiger partial charge on any atom is 0.251 e. The number of hydrogen-bond acceptors (Lipinski definition) is 3. The van der Waals surface area contributed by atoms with Crippen molar-refractivity contribution in [3.8, 4) is 0 Å². The van der Waals surface area contributed by atoms with Crippen molar-refractivity contribution >= 4 is 11.8 Å². The molecule has 130 valence electrons. The molecule has 1 aliphatic heterocycles. The first-order chi connectivity index (χ1) is 11.6. The molecular formula is C19H27N3O2. The van der Waals surface area contributed by atoms with Crippen LogP contribution in [-0.2, 0) is 11.3 Å². The fraction of sp³-hybridized carbons (Fsp3) is 0.579. The van der Waals surface area contributed by atoms with Gasteiger partial charge in [0.15, 0.2) is 0 Å². The summed E-state index contributed by atoms with van der Waals surface area (Å²) >= 11 is 0. The Balaban J connectivity index is 1.48. The highest BCUT2D eigenvalue weighted by atomic mass is 16.2. The largest absolute Gasteiger partial charge is 0.355 e. The van der Waals surface area contributed by atoms with Crippen molar-refractivity contribution in [2.75, 3.05) is 20.1 Å². The average Bonchev–Trinajstić information content (AvgIpc) is 3.45. The van der Waals surface area contributed by atoms with Crippen LogP contribution in [0.5, 0.6) is 0 Å². The van der Waals surface area contributed by atoms with Crippen LogP contribution in [0, 0.1) is 11.8 Å².